The highest BCUT2D eigenvalue weighted by atomic mass is 16.5. The van der Waals surface area contributed by atoms with Crippen molar-refractivity contribution in [1.29, 1.82) is 0 Å². The summed E-state index contributed by atoms with van der Waals surface area (Å²) in [7, 11) is 0. The van der Waals surface area contributed by atoms with E-state index in [4.69, 9.17) is 21.9 Å². The molecule has 13 nitrogen and oxygen atoms in total. The molecule has 8 N–H and O–H groups in total. The van der Waals surface area contributed by atoms with Crippen molar-refractivity contribution in [3.63, 3.8) is 0 Å². The Bertz CT molecular complexity index is 1110. The number of imidazole rings is 1. The molecule has 0 aliphatic carbocycles. The zero-order valence-electron chi connectivity index (χ0n) is 20.9. The molecule has 0 bridgehead atoms. The molecule has 0 aromatic carbocycles. The highest BCUT2D eigenvalue weighted by molar-refractivity contribution is 5.83. The van der Waals surface area contributed by atoms with E-state index in [1.807, 2.05) is 0 Å². The fraction of sp³-hybridized carbons (Fsp3) is 0.696. The Labute approximate surface area is 209 Å². The number of piperidine rings is 1. The first-order valence-electron chi connectivity index (χ1n) is 12.4. The quantitative estimate of drug-likeness (QED) is 0.312. The lowest BCUT2D eigenvalue weighted by atomic mass is 9.75. The second-order valence-electron chi connectivity index (χ2n) is 10.2. The highest BCUT2D eigenvalue weighted by Gasteiger charge is 2.50. The van der Waals surface area contributed by atoms with E-state index in [0.29, 0.717) is 56.5 Å². The monoisotopic (exact) mass is 503 g/mol. The number of hydrogen-bond acceptors (Lipinski definition) is 10. The van der Waals surface area contributed by atoms with E-state index < -0.39 is 23.3 Å². The highest BCUT2D eigenvalue weighted by Crippen LogP contribution is 2.44. The smallest absolute Gasteiger partial charge is 0.239 e. The van der Waals surface area contributed by atoms with Crippen LogP contribution in [-0.4, -0.2) is 84.8 Å². The molecule has 0 unspecified atom stereocenters. The van der Waals surface area contributed by atoms with Gasteiger partial charge in [-0.1, -0.05) is 0 Å². The summed E-state index contributed by atoms with van der Waals surface area (Å²) in [6.45, 7) is 5.15. The van der Waals surface area contributed by atoms with Crippen LogP contribution >= 0.6 is 0 Å². The van der Waals surface area contributed by atoms with E-state index in [1.54, 1.807) is 22.7 Å². The second-order valence-corrected chi connectivity index (χ2v) is 10.2. The van der Waals surface area contributed by atoms with Crippen LogP contribution in [0.4, 0.5) is 11.8 Å². The molecule has 2 aromatic rings. The number of anilines is 2. The largest absolute Gasteiger partial charge is 0.388 e. The molecule has 0 radical (unpaired) electrons. The summed E-state index contributed by atoms with van der Waals surface area (Å²) >= 11 is 0. The normalized spacial score (nSPS) is 24.7. The topological polar surface area (TPSA) is 201 Å². The van der Waals surface area contributed by atoms with Gasteiger partial charge in [-0.05, 0) is 39.0 Å². The van der Waals surface area contributed by atoms with Crippen molar-refractivity contribution in [3.8, 4) is 0 Å². The number of unbranched alkanes of at least 4 members (excludes halogenated alkanes) is 1. The number of rotatable bonds is 7. The molecule has 4 heterocycles. The van der Waals surface area contributed by atoms with Crippen molar-refractivity contribution in [3.05, 3.63) is 6.33 Å². The minimum atomic E-state index is -1.11. The zero-order chi connectivity index (χ0) is 26.1. The number of nitrogen functional groups attached to an aromatic ring is 2. The molecule has 2 aliphatic rings. The van der Waals surface area contributed by atoms with Crippen molar-refractivity contribution < 1.29 is 19.4 Å². The molecule has 1 spiro atoms. The van der Waals surface area contributed by atoms with Gasteiger partial charge in [0.05, 0.1) is 36.2 Å². The number of hydrogen-bond donors (Lipinski definition) is 5. The third kappa shape index (κ3) is 5.37. The number of nitrogens with one attached hydrogen (secondary N) is 1. The zero-order valence-corrected chi connectivity index (χ0v) is 20.9. The molecule has 4 rings (SSSR count). The molecule has 2 aliphatic heterocycles. The van der Waals surface area contributed by atoms with Gasteiger partial charge < -0.3 is 41.8 Å². The fourth-order valence-corrected chi connectivity index (χ4v) is 5.39. The Kier molecular flexibility index (Phi) is 7.34. The van der Waals surface area contributed by atoms with Crippen LogP contribution < -0.4 is 22.5 Å². The van der Waals surface area contributed by atoms with Crippen LogP contribution in [0.3, 0.4) is 0 Å². The Morgan fingerprint density at radius 3 is 2.67 bits per heavy atom. The lowest BCUT2D eigenvalue weighted by molar-refractivity contribution is -0.197. The molecule has 2 aromatic heterocycles. The Morgan fingerprint density at radius 1 is 1.28 bits per heavy atom. The van der Waals surface area contributed by atoms with Gasteiger partial charge in [0.1, 0.15) is 5.52 Å². The lowest BCUT2D eigenvalue weighted by Gasteiger charge is -2.51. The predicted molar refractivity (Wildman–Crippen MR) is 133 cm³/mol. The third-order valence-corrected chi connectivity index (χ3v) is 7.37. The van der Waals surface area contributed by atoms with Crippen LogP contribution in [0.1, 0.15) is 58.4 Å². The molecule has 2 saturated heterocycles. The van der Waals surface area contributed by atoms with Gasteiger partial charge in [0, 0.05) is 33.0 Å². The van der Waals surface area contributed by atoms with Gasteiger partial charge in [-0.3, -0.25) is 9.59 Å². The third-order valence-electron chi connectivity index (χ3n) is 7.37. The summed E-state index contributed by atoms with van der Waals surface area (Å²) in [6.07, 6.45) is 5.33. The maximum Gasteiger partial charge on any atom is 0.239 e. The lowest BCUT2D eigenvalue weighted by Crippen LogP contribution is -2.59. The molecular formula is C23H37N9O4. The molecule has 2 fully saturated rings. The maximum atomic E-state index is 12.9. The second kappa shape index (κ2) is 10.1. The van der Waals surface area contributed by atoms with Gasteiger partial charge in [0.2, 0.25) is 17.8 Å². The van der Waals surface area contributed by atoms with Gasteiger partial charge in [-0.15, -0.1) is 0 Å². The predicted octanol–water partition coefficient (Wildman–Crippen LogP) is -0.302. The average Bonchev–Trinajstić information content (AvgIpc) is 3.21. The summed E-state index contributed by atoms with van der Waals surface area (Å²) in [5, 5.41) is 14.2. The standard InChI is InChI=1S/C23H37N9O4/c1-14(33)27-8-4-3-5-15(24)20(34)31-9-6-23(7-10-31)12-22(2,35)16(11-36-23)32-13-28-17-18(25)29-21(26)30-19(17)32/h13,15-16,35H,3-12,24H2,1-2H3,(H,27,33)(H4,25,26,29,30)/t15-,16-,22-/m0/s1. The number of fused-ring (bicyclic) bond motifs is 1. The van der Waals surface area contributed by atoms with E-state index >= 15 is 0 Å². The number of nitrogens with zero attached hydrogens (tertiary/aromatic N) is 5. The van der Waals surface area contributed by atoms with Crippen LogP contribution in [0.5, 0.6) is 0 Å². The van der Waals surface area contributed by atoms with Crippen LogP contribution in [0.2, 0.25) is 0 Å². The number of carbonyl (C=O) groups is 2. The van der Waals surface area contributed by atoms with Gasteiger partial charge in [0.25, 0.3) is 0 Å². The Hall–Kier alpha value is -3.03. The van der Waals surface area contributed by atoms with E-state index in [-0.39, 0.29) is 30.2 Å². The molecule has 0 saturated carbocycles. The molecule has 13 heteroatoms. The van der Waals surface area contributed by atoms with Crippen LogP contribution in [0.25, 0.3) is 11.2 Å². The van der Waals surface area contributed by atoms with E-state index in [2.05, 4.69) is 20.3 Å². The number of nitrogens with two attached hydrogens (primary N) is 3. The van der Waals surface area contributed by atoms with Crippen molar-refractivity contribution in [2.24, 2.45) is 5.73 Å². The van der Waals surface area contributed by atoms with Gasteiger partial charge in [0.15, 0.2) is 11.5 Å². The van der Waals surface area contributed by atoms with Crippen molar-refractivity contribution >= 4 is 34.7 Å². The number of aromatic nitrogens is 4. The summed E-state index contributed by atoms with van der Waals surface area (Å²) in [5.74, 6) is 0.101. The maximum absolute atomic E-state index is 12.9. The van der Waals surface area contributed by atoms with E-state index in [0.717, 1.165) is 12.8 Å². The first-order valence-corrected chi connectivity index (χ1v) is 12.4. The number of amides is 2. The SMILES string of the molecule is CC(=O)NCCCC[C@H](N)C(=O)N1CCC2(CC1)C[C@](C)(O)[C@@H](n1cnc3c(N)nc(N)nc31)CO2. The van der Waals surface area contributed by atoms with E-state index in [9.17, 15) is 14.7 Å². The fourth-order valence-electron chi connectivity index (χ4n) is 5.39. The van der Waals surface area contributed by atoms with Crippen molar-refractivity contribution in [2.75, 3.05) is 37.7 Å². The summed E-state index contributed by atoms with van der Waals surface area (Å²) in [4.78, 5) is 38.1. The molecule has 198 valence electrons. The van der Waals surface area contributed by atoms with Crippen molar-refractivity contribution in [2.45, 2.75) is 75.7 Å². The van der Waals surface area contributed by atoms with Gasteiger partial charge in [-0.2, -0.15) is 9.97 Å². The van der Waals surface area contributed by atoms with E-state index in [1.165, 1.54) is 6.92 Å². The average molecular weight is 504 g/mol. The number of ether oxygens (including phenoxy) is 1. The Morgan fingerprint density at radius 2 is 2.00 bits per heavy atom. The minimum absolute atomic E-state index is 0.0394. The summed E-state index contributed by atoms with van der Waals surface area (Å²) in [5.41, 5.74) is 17.1. The number of carbonyl (C=O) groups excluding carboxylic acids is 2. The first-order chi connectivity index (χ1) is 17.0. The summed E-state index contributed by atoms with van der Waals surface area (Å²) < 4.78 is 8.12. The van der Waals surface area contributed by atoms with Crippen LogP contribution in [0, 0.1) is 0 Å². The molecular weight excluding hydrogens is 466 g/mol. The van der Waals surface area contributed by atoms with Gasteiger partial charge >= 0.3 is 0 Å². The number of aliphatic hydroxyl groups is 1. The first kappa shape index (κ1) is 26.0. The molecule has 2 amide bonds. The Balaban J connectivity index is 1.34. The molecule has 3 atom stereocenters. The van der Waals surface area contributed by atoms with Crippen LogP contribution in [-0.2, 0) is 14.3 Å². The van der Waals surface area contributed by atoms with Crippen LogP contribution in [0.15, 0.2) is 6.33 Å². The minimum Gasteiger partial charge on any atom is -0.388 e. The summed E-state index contributed by atoms with van der Waals surface area (Å²) in [6, 6.07) is -1.00. The van der Waals surface area contributed by atoms with Crippen molar-refractivity contribution in [1.82, 2.24) is 29.7 Å². The molecule has 36 heavy (non-hydrogen) atoms. The van der Waals surface area contributed by atoms with Gasteiger partial charge in [-0.25, -0.2) is 4.98 Å². The number of likely N-dealkylation sites (tertiary alicyclic amines) is 1.